The van der Waals surface area contributed by atoms with Gasteiger partial charge in [-0.15, -0.1) is 6.58 Å². The zero-order valence-electron chi connectivity index (χ0n) is 14.6. The molecule has 1 unspecified atom stereocenters. The van der Waals surface area contributed by atoms with Crippen molar-refractivity contribution in [1.82, 2.24) is 9.88 Å². The summed E-state index contributed by atoms with van der Waals surface area (Å²) in [5, 5.41) is 1.53. The fourth-order valence-corrected chi connectivity index (χ4v) is 5.72. The molecule has 3 fully saturated rings. The lowest BCUT2D eigenvalue weighted by Crippen LogP contribution is -2.54. The summed E-state index contributed by atoms with van der Waals surface area (Å²) in [6, 6.07) is 10.8. The normalized spacial score (nSPS) is 29.5. The summed E-state index contributed by atoms with van der Waals surface area (Å²) in [6.45, 7) is 7.93. The topological polar surface area (TPSA) is 33.2 Å². The Kier molecular flexibility index (Phi) is 4.65. The predicted octanol–water partition coefficient (Wildman–Crippen LogP) is 4.45. The Morgan fingerprint density at radius 1 is 1.40 bits per heavy atom. The number of fused-ring (bicyclic) bond motifs is 4. The van der Waals surface area contributed by atoms with Gasteiger partial charge in [-0.25, -0.2) is 0 Å². The number of nitrogens with zero attached hydrogens (tertiary/aromatic N) is 2. The van der Waals surface area contributed by atoms with Crippen LogP contribution in [0.1, 0.15) is 30.6 Å². The van der Waals surface area contributed by atoms with Gasteiger partial charge in [-0.1, -0.05) is 36.0 Å². The molecule has 0 N–H and O–H groups in total. The van der Waals surface area contributed by atoms with Gasteiger partial charge in [-0.3, -0.25) is 14.7 Å². The number of para-hydroxylation sites is 1. The number of piperidine rings is 3. The summed E-state index contributed by atoms with van der Waals surface area (Å²) in [5.74, 6) is 1.30. The minimum atomic E-state index is 0.166. The van der Waals surface area contributed by atoms with Crippen molar-refractivity contribution in [3.8, 4) is 0 Å². The third-order valence-electron chi connectivity index (χ3n) is 5.79. The first-order chi connectivity index (χ1) is 12.2. The van der Waals surface area contributed by atoms with Crippen molar-refractivity contribution in [2.75, 3.05) is 13.1 Å². The number of hydrogen-bond donors (Lipinski definition) is 0. The van der Waals surface area contributed by atoms with Crippen molar-refractivity contribution in [3.63, 3.8) is 0 Å². The van der Waals surface area contributed by atoms with E-state index in [0.29, 0.717) is 17.9 Å². The van der Waals surface area contributed by atoms with Crippen molar-refractivity contribution in [1.29, 1.82) is 0 Å². The Labute approximate surface area is 153 Å². The van der Waals surface area contributed by atoms with Crippen LogP contribution in [0.4, 0.5) is 0 Å². The van der Waals surface area contributed by atoms with Crippen LogP contribution in [0.15, 0.2) is 49.2 Å². The molecule has 0 aliphatic carbocycles. The molecule has 4 heterocycles. The van der Waals surface area contributed by atoms with Crippen molar-refractivity contribution in [3.05, 3.63) is 54.7 Å². The molecule has 0 saturated carbocycles. The Morgan fingerprint density at radius 2 is 2.24 bits per heavy atom. The van der Waals surface area contributed by atoms with Gasteiger partial charge in [0.15, 0.2) is 5.12 Å². The van der Waals surface area contributed by atoms with Crippen molar-refractivity contribution >= 4 is 27.8 Å². The Morgan fingerprint density at radius 3 is 2.96 bits per heavy atom. The molecule has 25 heavy (non-hydrogen) atoms. The van der Waals surface area contributed by atoms with Crippen LogP contribution in [-0.4, -0.2) is 34.1 Å². The lowest BCUT2D eigenvalue weighted by Gasteiger charge is -2.51. The summed E-state index contributed by atoms with van der Waals surface area (Å²) >= 11 is 1.49. The average Bonchev–Trinajstić information content (AvgIpc) is 2.66. The van der Waals surface area contributed by atoms with Crippen LogP contribution in [0.25, 0.3) is 10.9 Å². The molecule has 3 saturated heterocycles. The highest BCUT2D eigenvalue weighted by atomic mass is 32.2. The molecule has 2 bridgehead atoms. The van der Waals surface area contributed by atoms with E-state index < -0.39 is 0 Å². The monoisotopic (exact) mass is 352 g/mol. The molecule has 3 aliphatic rings. The second-order valence-corrected chi connectivity index (χ2v) is 8.51. The SMILES string of the molecule is C=C[C@H]1CN2CC[C@H]1C[C@H]2[C@H](SC(C)=O)c1ccnc2ccccc12. The molecule has 5 rings (SSSR count). The van der Waals surface area contributed by atoms with Gasteiger partial charge in [0.05, 0.1) is 10.8 Å². The van der Waals surface area contributed by atoms with E-state index in [-0.39, 0.29) is 10.4 Å². The van der Waals surface area contributed by atoms with Crippen molar-refractivity contribution in [2.24, 2.45) is 11.8 Å². The number of carbonyl (C=O) groups is 1. The molecule has 0 amide bonds. The van der Waals surface area contributed by atoms with Crippen LogP contribution >= 0.6 is 11.8 Å². The summed E-state index contributed by atoms with van der Waals surface area (Å²) in [7, 11) is 0. The van der Waals surface area contributed by atoms with Crippen LogP contribution in [0.5, 0.6) is 0 Å². The lowest BCUT2D eigenvalue weighted by atomic mass is 9.74. The van der Waals surface area contributed by atoms with Gasteiger partial charge < -0.3 is 0 Å². The van der Waals surface area contributed by atoms with Crippen LogP contribution in [0.2, 0.25) is 0 Å². The maximum Gasteiger partial charge on any atom is 0.186 e. The van der Waals surface area contributed by atoms with Crippen molar-refractivity contribution in [2.45, 2.75) is 31.1 Å². The van der Waals surface area contributed by atoms with E-state index in [1.54, 1.807) is 6.92 Å². The molecule has 3 nitrogen and oxygen atoms in total. The number of aromatic nitrogens is 1. The van der Waals surface area contributed by atoms with E-state index in [1.807, 2.05) is 12.3 Å². The molecule has 130 valence electrons. The van der Waals surface area contributed by atoms with Gasteiger partial charge >= 0.3 is 0 Å². The molecule has 3 aliphatic heterocycles. The van der Waals surface area contributed by atoms with Gasteiger partial charge in [-0.05, 0) is 48.9 Å². The number of rotatable bonds is 4. The highest BCUT2D eigenvalue weighted by molar-refractivity contribution is 8.13. The molecule has 1 aromatic heterocycles. The molecular formula is C21H24N2OS. The fraction of sp³-hybridized carbons (Fsp3) is 0.429. The third kappa shape index (κ3) is 3.13. The summed E-state index contributed by atoms with van der Waals surface area (Å²) in [6.07, 6.45) is 6.41. The molecule has 2 aromatic rings. The Balaban J connectivity index is 1.74. The number of hydrogen-bond acceptors (Lipinski definition) is 4. The van der Waals surface area contributed by atoms with Crippen molar-refractivity contribution < 1.29 is 4.79 Å². The first-order valence-corrected chi connectivity index (χ1v) is 9.93. The van der Waals surface area contributed by atoms with Gasteiger partial charge in [0.2, 0.25) is 0 Å². The summed E-state index contributed by atoms with van der Waals surface area (Å²) in [5.41, 5.74) is 2.26. The Hall–Kier alpha value is -1.65. The molecule has 4 heteroatoms. The number of benzene rings is 1. The van der Waals surface area contributed by atoms with Gasteiger partial charge in [-0.2, -0.15) is 0 Å². The van der Waals surface area contributed by atoms with Gasteiger partial charge in [0.25, 0.3) is 0 Å². The van der Waals surface area contributed by atoms with E-state index in [9.17, 15) is 4.79 Å². The van der Waals surface area contributed by atoms with Crippen LogP contribution in [0, 0.1) is 11.8 Å². The van der Waals surface area contributed by atoms with E-state index in [2.05, 4.69) is 46.8 Å². The minimum absolute atomic E-state index is 0.166. The van der Waals surface area contributed by atoms with Gasteiger partial charge in [0, 0.05) is 31.1 Å². The first kappa shape index (κ1) is 16.8. The van der Waals surface area contributed by atoms with E-state index in [0.717, 1.165) is 25.0 Å². The molecule has 0 spiro atoms. The van der Waals surface area contributed by atoms with E-state index in [4.69, 9.17) is 0 Å². The second-order valence-electron chi connectivity index (χ2n) is 7.19. The van der Waals surface area contributed by atoms with E-state index >= 15 is 0 Å². The van der Waals surface area contributed by atoms with Crippen LogP contribution < -0.4 is 0 Å². The quantitative estimate of drug-likeness (QED) is 0.761. The predicted molar refractivity (Wildman–Crippen MR) is 105 cm³/mol. The number of thioether (sulfide) groups is 1. The van der Waals surface area contributed by atoms with Crippen LogP contribution in [-0.2, 0) is 4.79 Å². The standard InChI is InChI=1S/C21H24N2OS/c1-3-15-13-23-11-9-16(15)12-20(23)21(25-14(2)24)18-8-10-22-19-7-5-4-6-17(18)19/h3-8,10,15-16,20-21H,1,9,11-13H2,2H3/t15-,16-,20-,21+/m0/s1. The average molecular weight is 353 g/mol. The zero-order valence-corrected chi connectivity index (χ0v) is 15.4. The zero-order chi connectivity index (χ0) is 17.4. The maximum atomic E-state index is 12.0. The number of carbonyl (C=O) groups excluding carboxylic acids is 1. The largest absolute Gasteiger partial charge is 0.298 e. The molecule has 5 atom stereocenters. The second kappa shape index (κ2) is 6.93. The third-order valence-corrected chi connectivity index (χ3v) is 6.94. The lowest BCUT2D eigenvalue weighted by molar-refractivity contribution is -0.109. The van der Waals surface area contributed by atoms with Crippen LogP contribution in [0.3, 0.4) is 0 Å². The number of pyridine rings is 1. The highest BCUT2D eigenvalue weighted by Gasteiger charge is 2.43. The smallest absolute Gasteiger partial charge is 0.186 e. The minimum Gasteiger partial charge on any atom is -0.298 e. The van der Waals surface area contributed by atoms with Gasteiger partial charge in [0.1, 0.15) is 0 Å². The molecule has 1 aromatic carbocycles. The maximum absolute atomic E-state index is 12.0. The first-order valence-electron chi connectivity index (χ1n) is 9.05. The molecule has 0 radical (unpaired) electrons. The summed E-state index contributed by atoms with van der Waals surface area (Å²) in [4.78, 5) is 19.1. The summed E-state index contributed by atoms with van der Waals surface area (Å²) < 4.78 is 0. The Bertz CT molecular complexity index is 800. The van der Waals surface area contributed by atoms with E-state index in [1.165, 1.54) is 29.1 Å². The highest BCUT2D eigenvalue weighted by Crippen LogP contribution is 2.47. The molecular weight excluding hydrogens is 328 g/mol. The fourth-order valence-electron chi connectivity index (χ4n) is 4.59.